The van der Waals surface area contributed by atoms with E-state index in [0.29, 0.717) is 19.1 Å². The average Bonchev–Trinajstić information content (AvgIpc) is 3.35. The topological polar surface area (TPSA) is 52.7 Å². The zero-order chi connectivity index (χ0) is 16.8. The van der Waals surface area contributed by atoms with Crippen LogP contribution in [0.1, 0.15) is 32.3 Å². The Morgan fingerprint density at radius 1 is 1.26 bits per heavy atom. The number of hydrogen-bond donors (Lipinski definition) is 1. The number of hydrogen-bond acceptors (Lipinski definition) is 3. The van der Waals surface area contributed by atoms with E-state index in [-0.39, 0.29) is 24.4 Å². The van der Waals surface area contributed by atoms with E-state index in [9.17, 15) is 9.59 Å². The lowest BCUT2D eigenvalue weighted by molar-refractivity contribution is -0.137. The highest BCUT2D eigenvalue weighted by atomic mass is 16.2. The van der Waals surface area contributed by atoms with Gasteiger partial charge in [0.05, 0.1) is 12.6 Å². The van der Waals surface area contributed by atoms with Crippen molar-refractivity contribution in [2.24, 2.45) is 0 Å². The minimum atomic E-state index is -0.316. The van der Waals surface area contributed by atoms with Crippen molar-refractivity contribution in [2.75, 3.05) is 20.1 Å². The second-order valence-corrected chi connectivity index (χ2v) is 6.27. The second-order valence-electron chi connectivity index (χ2n) is 6.27. The van der Waals surface area contributed by atoms with E-state index in [0.717, 1.165) is 18.4 Å². The largest absolute Gasteiger partial charge is 0.352 e. The van der Waals surface area contributed by atoms with Gasteiger partial charge in [0.1, 0.15) is 0 Å². The van der Waals surface area contributed by atoms with Crippen molar-refractivity contribution in [3.05, 3.63) is 35.9 Å². The number of benzene rings is 1. The maximum Gasteiger partial charge on any atom is 0.239 e. The molecule has 1 saturated carbocycles. The summed E-state index contributed by atoms with van der Waals surface area (Å²) in [6.45, 7) is 5.35. The molecule has 2 rings (SSSR count). The summed E-state index contributed by atoms with van der Waals surface area (Å²) in [7, 11) is 1.82. The van der Waals surface area contributed by atoms with Gasteiger partial charge in [-0.2, -0.15) is 0 Å². The Labute approximate surface area is 138 Å². The summed E-state index contributed by atoms with van der Waals surface area (Å²) in [6.07, 6.45) is 2.15. The monoisotopic (exact) mass is 317 g/mol. The van der Waals surface area contributed by atoms with E-state index in [1.165, 1.54) is 0 Å². The molecule has 1 aromatic carbocycles. The molecule has 5 heteroatoms. The molecule has 0 aliphatic heterocycles. The first-order chi connectivity index (χ1) is 11.0. The molecule has 1 aromatic rings. The molecule has 0 spiro atoms. The summed E-state index contributed by atoms with van der Waals surface area (Å²) in [5, 5.41) is 2.96. The van der Waals surface area contributed by atoms with Crippen molar-refractivity contribution in [1.29, 1.82) is 0 Å². The molecule has 5 nitrogen and oxygen atoms in total. The van der Waals surface area contributed by atoms with Crippen molar-refractivity contribution in [3.63, 3.8) is 0 Å². The van der Waals surface area contributed by atoms with Crippen molar-refractivity contribution in [1.82, 2.24) is 15.1 Å². The van der Waals surface area contributed by atoms with Crippen molar-refractivity contribution in [3.8, 4) is 0 Å². The molecular formula is C18H27N3O2. The lowest BCUT2D eigenvalue weighted by Gasteiger charge is -2.29. The van der Waals surface area contributed by atoms with Crippen molar-refractivity contribution < 1.29 is 9.59 Å². The number of nitrogens with one attached hydrogen (secondary N) is 1. The Hall–Kier alpha value is -1.88. The standard InChI is InChI=1S/C18H27N3O2/c1-4-21(12-15-8-6-5-7-9-15)18(23)14(2)20(3)13-17(22)19-16-10-11-16/h5-9,14,16H,4,10-13H2,1-3H3,(H,19,22)/t14-/m1/s1. The van der Waals surface area contributed by atoms with Gasteiger partial charge in [-0.1, -0.05) is 30.3 Å². The highest BCUT2D eigenvalue weighted by molar-refractivity contribution is 5.83. The Kier molecular flexibility index (Phi) is 6.16. The molecule has 0 bridgehead atoms. The summed E-state index contributed by atoms with van der Waals surface area (Å²) >= 11 is 0. The minimum absolute atomic E-state index is 0.000702. The summed E-state index contributed by atoms with van der Waals surface area (Å²) < 4.78 is 0. The van der Waals surface area contributed by atoms with Gasteiger partial charge >= 0.3 is 0 Å². The number of amides is 2. The number of carbonyl (C=O) groups excluding carboxylic acids is 2. The number of likely N-dealkylation sites (N-methyl/N-ethyl adjacent to an activating group) is 2. The van der Waals surface area contributed by atoms with Gasteiger partial charge in [-0.15, -0.1) is 0 Å². The summed E-state index contributed by atoms with van der Waals surface area (Å²) in [6, 6.07) is 10.0. The fourth-order valence-electron chi connectivity index (χ4n) is 2.47. The lowest BCUT2D eigenvalue weighted by Crippen LogP contribution is -2.48. The van der Waals surface area contributed by atoms with E-state index < -0.39 is 0 Å². The maximum absolute atomic E-state index is 12.7. The molecule has 23 heavy (non-hydrogen) atoms. The van der Waals surface area contributed by atoms with Crippen LogP contribution in [0.2, 0.25) is 0 Å². The molecule has 0 saturated heterocycles. The molecule has 0 radical (unpaired) electrons. The molecular weight excluding hydrogens is 290 g/mol. The van der Waals surface area contributed by atoms with Crippen LogP contribution in [-0.2, 0) is 16.1 Å². The summed E-state index contributed by atoms with van der Waals surface area (Å²) in [4.78, 5) is 28.2. The number of carbonyl (C=O) groups is 2. The Morgan fingerprint density at radius 3 is 2.48 bits per heavy atom. The molecule has 0 aromatic heterocycles. The molecule has 0 unspecified atom stereocenters. The smallest absolute Gasteiger partial charge is 0.239 e. The normalized spacial score (nSPS) is 15.3. The SMILES string of the molecule is CCN(Cc1ccccc1)C(=O)[C@@H](C)N(C)CC(=O)NC1CC1. The maximum atomic E-state index is 12.7. The van der Waals surface area contributed by atoms with Crippen LogP contribution in [0.5, 0.6) is 0 Å². The third kappa shape index (κ3) is 5.36. The predicted molar refractivity (Wildman–Crippen MR) is 90.8 cm³/mol. The fraction of sp³-hybridized carbons (Fsp3) is 0.556. The molecule has 1 fully saturated rings. The molecule has 0 heterocycles. The lowest BCUT2D eigenvalue weighted by atomic mass is 10.2. The number of rotatable bonds is 8. The third-order valence-electron chi connectivity index (χ3n) is 4.26. The zero-order valence-corrected chi connectivity index (χ0v) is 14.3. The van der Waals surface area contributed by atoms with Crippen LogP contribution in [-0.4, -0.2) is 53.8 Å². The van der Waals surface area contributed by atoms with Crippen LogP contribution in [0, 0.1) is 0 Å². The molecule has 126 valence electrons. The first kappa shape index (κ1) is 17.5. The Balaban J connectivity index is 1.88. The highest BCUT2D eigenvalue weighted by Gasteiger charge is 2.27. The van der Waals surface area contributed by atoms with Crippen LogP contribution >= 0.6 is 0 Å². The molecule has 1 atom stereocenters. The van der Waals surface area contributed by atoms with E-state index in [1.807, 2.05) is 61.0 Å². The van der Waals surface area contributed by atoms with E-state index in [4.69, 9.17) is 0 Å². The van der Waals surface area contributed by atoms with Gasteiger partial charge in [0.25, 0.3) is 0 Å². The van der Waals surface area contributed by atoms with Gasteiger partial charge in [-0.3, -0.25) is 14.5 Å². The Bertz CT molecular complexity index is 528. The van der Waals surface area contributed by atoms with E-state index >= 15 is 0 Å². The Morgan fingerprint density at radius 2 is 1.91 bits per heavy atom. The van der Waals surface area contributed by atoms with Gasteiger partial charge in [0.15, 0.2) is 0 Å². The quantitative estimate of drug-likeness (QED) is 0.793. The molecule has 1 aliphatic carbocycles. The minimum Gasteiger partial charge on any atom is -0.352 e. The van der Waals surface area contributed by atoms with Crippen molar-refractivity contribution in [2.45, 2.75) is 45.3 Å². The predicted octanol–water partition coefficient (Wildman–Crippen LogP) is 1.63. The van der Waals surface area contributed by atoms with Crippen LogP contribution < -0.4 is 5.32 Å². The van der Waals surface area contributed by atoms with Gasteiger partial charge < -0.3 is 10.2 Å². The fourth-order valence-corrected chi connectivity index (χ4v) is 2.47. The molecule has 1 N–H and O–H groups in total. The summed E-state index contributed by atoms with van der Waals surface area (Å²) in [5.74, 6) is 0.0545. The average molecular weight is 317 g/mol. The number of nitrogens with zero attached hydrogens (tertiary/aromatic N) is 2. The second kappa shape index (κ2) is 8.11. The van der Waals surface area contributed by atoms with Gasteiger partial charge in [0.2, 0.25) is 11.8 Å². The van der Waals surface area contributed by atoms with Gasteiger partial charge in [-0.05, 0) is 39.3 Å². The molecule has 2 amide bonds. The van der Waals surface area contributed by atoms with E-state index in [1.54, 1.807) is 0 Å². The summed E-state index contributed by atoms with van der Waals surface area (Å²) in [5.41, 5.74) is 1.11. The van der Waals surface area contributed by atoms with Crippen LogP contribution in [0.25, 0.3) is 0 Å². The van der Waals surface area contributed by atoms with Crippen molar-refractivity contribution >= 4 is 11.8 Å². The highest BCUT2D eigenvalue weighted by Crippen LogP contribution is 2.18. The zero-order valence-electron chi connectivity index (χ0n) is 14.3. The van der Waals surface area contributed by atoms with Crippen LogP contribution in [0.15, 0.2) is 30.3 Å². The molecule has 1 aliphatic rings. The first-order valence-electron chi connectivity index (χ1n) is 8.33. The first-order valence-corrected chi connectivity index (χ1v) is 8.33. The van der Waals surface area contributed by atoms with Crippen LogP contribution in [0.4, 0.5) is 0 Å². The van der Waals surface area contributed by atoms with Gasteiger partial charge in [0, 0.05) is 19.1 Å². The van der Waals surface area contributed by atoms with Gasteiger partial charge in [-0.25, -0.2) is 0 Å². The third-order valence-corrected chi connectivity index (χ3v) is 4.26. The van der Waals surface area contributed by atoms with Crippen LogP contribution in [0.3, 0.4) is 0 Å². The van der Waals surface area contributed by atoms with E-state index in [2.05, 4.69) is 5.32 Å².